The average molecular weight is 530 g/mol. The van der Waals surface area contributed by atoms with Gasteiger partial charge < -0.3 is 16.0 Å². The molecular weight excluding hydrogens is 491 g/mol. The van der Waals surface area contributed by atoms with Crippen LogP contribution in [0.15, 0.2) is 24.4 Å². The maximum Gasteiger partial charge on any atom is 0.421 e. The van der Waals surface area contributed by atoms with Gasteiger partial charge in [0, 0.05) is 23.6 Å². The summed E-state index contributed by atoms with van der Waals surface area (Å²) in [6, 6.07) is 5.82. The highest BCUT2D eigenvalue weighted by Gasteiger charge is 2.35. The molecule has 7 nitrogen and oxygen atoms in total. The number of alkyl halides is 3. The third-order valence-electron chi connectivity index (χ3n) is 7.16. The fraction of sp³-hybridized carbons (Fsp3) is 0.536. The first-order valence-electron chi connectivity index (χ1n) is 13.5. The maximum absolute atomic E-state index is 13.5. The van der Waals surface area contributed by atoms with E-state index in [1.807, 2.05) is 13.0 Å². The van der Waals surface area contributed by atoms with E-state index in [2.05, 4.69) is 49.1 Å². The monoisotopic (exact) mass is 529 g/mol. The topological polar surface area (TPSA) is 90.6 Å². The van der Waals surface area contributed by atoms with Crippen LogP contribution in [0, 0.1) is 20.8 Å². The summed E-state index contributed by atoms with van der Waals surface area (Å²) in [4.78, 5) is 8.04. The van der Waals surface area contributed by atoms with E-state index in [9.17, 15) is 13.2 Å². The third-order valence-corrected chi connectivity index (χ3v) is 7.16. The highest BCUT2D eigenvalue weighted by atomic mass is 19.4. The summed E-state index contributed by atoms with van der Waals surface area (Å²) in [6.45, 7) is 8.33. The molecular formula is C28H38F3N7. The molecule has 1 aliphatic heterocycles. The van der Waals surface area contributed by atoms with E-state index in [1.165, 1.54) is 75.6 Å². The molecule has 0 atom stereocenters. The molecule has 5 rings (SSSR count). The number of H-pyrrole nitrogens is 1. The second kappa shape index (κ2) is 12.6. The van der Waals surface area contributed by atoms with Crippen LogP contribution in [0.5, 0.6) is 0 Å². The first-order chi connectivity index (χ1) is 18.2. The third kappa shape index (κ3) is 7.46. The number of aryl methyl sites for hydroxylation is 3. The van der Waals surface area contributed by atoms with Crippen molar-refractivity contribution in [3.63, 3.8) is 0 Å². The number of nitrogens with zero attached hydrogens (tertiary/aromatic N) is 3. The molecule has 2 aliphatic rings. The van der Waals surface area contributed by atoms with Crippen LogP contribution in [-0.2, 0) is 6.18 Å². The Morgan fingerprint density at radius 1 is 0.868 bits per heavy atom. The number of piperidine rings is 1. The minimum absolute atomic E-state index is 0.0840. The summed E-state index contributed by atoms with van der Waals surface area (Å²) in [7, 11) is 0. The van der Waals surface area contributed by atoms with E-state index < -0.39 is 11.7 Å². The van der Waals surface area contributed by atoms with Crippen molar-refractivity contribution in [3.8, 4) is 0 Å². The summed E-state index contributed by atoms with van der Waals surface area (Å²) in [6.07, 6.45) is 6.63. The van der Waals surface area contributed by atoms with Gasteiger partial charge in [0.05, 0.1) is 0 Å². The van der Waals surface area contributed by atoms with E-state index >= 15 is 0 Å². The van der Waals surface area contributed by atoms with E-state index in [1.54, 1.807) is 13.0 Å². The standard InChI is InChI=1S/C23H27F3N6.C5H11N/c1-13-10-19(14(2)9-17(13)16-7-5-4-6-8-16)28-22-27-12-18(23(24,25)26)21(30-22)29-20-11-15(3)31-32-20;1-2-4-6-5-3-1/h9-12,16H,4-8H2,1-3H3,(H3,27,28,29,30,31,32);6H,1-5H2. The van der Waals surface area contributed by atoms with Gasteiger partial charge in [-0.25, -0.2) is 4.98 Å². The maximum atomic E-state index is 13.5. The first kappa shape index (κ1) is 27.9. The number of anilines is 4. The van der Waals surface area contributed by atoms with Crippen molar-refractivity contribution in [2.75, 3.05) is 23.7 Å². The van der Waals surface area contributed by atoms with Gasteiger partial charge in [-0.05, 0) is 88.2 Å². The fourth-order valence-corrected chi connectivity index (χ4v) is 5.10. The number of aromatic amines is 1. The van der Waals surface area contributed by atoms with Gasteiger partial charge in [-0.3, -0.25) is 5.10 Å². The summed E-state index contributed by atoms with van der Waals surface area (Å²) < 4.78 is 40.5. The number of rotatable bonds is 5. The van der Waals surface area contributed by atoms with Crippen LogP contribution in [0.2, 0.25) is 0 Å². The van der Waals surface area contributed by atoms with Gasteiger partial charge in [0.25, 0.3) is 0 Å². The molecule has 2 fully saturated rings. The van der Waals surface area contributed by atoms with Gasteiger partial charge >= 0.3 is 6.18 Å². The molecule has 2 aromatic heterocycles. The number of nitrogens with one attached hydrogen (secondary N) is 4. The molecule has 0 spiro atoms. The molecule has 10 heteroatoms. The Balaban J connectivity index is 0.000000494. The lowest BCUT2D eigenvalue weighted by Crippen LogP contribution is -2.21. The smallest absolute Gasteiger partial charge is 0.324 e. The minimum atomic E-state index is -4.60. The second-order valence-corrected chi connectivity index (χ2v) is 10.3. The van der Waals surface area contributed by atoms with Gasteiger partial charge in [-0.2, -0.15) is 23.3 Å². The van der Waals surface area contributed by atoms with Crippen LogP contribution in [0.4, 0.5) is 36.4 Å². The highest BCUT2D eigenvalue weighted by molar-refractivity contribution is 5.64. The molecule has 4 N–H and O–H groups in total. The van der Waals surface area contributed by atoms with E-state index in [0.29, 0.717) is 5.92 Å². The van der Waals surface area contributed by atoms with Crippen molar-refractivity contribution in [3.05, 3.63) is 52.3 Å². The van der Waals surface area contributed by atoms with Gasteiger partial charge in [0.2, 0.25) is 5.95 Å². The van der Waals surface area contributed by atoms with Crippen molar-refractivity contribution in [1.82, 2.24) is 25.5 Å². The predicted molar refractivity (Wildman–Crippen MR) is 145 cm³/mol. The summed E-state index contributed by atoms with van der Waals surface area (Å²) >= 11 is 0. The minimum Gasteiger partial charge on any atom is -0.324 e. The molecule has 0 amide bonds. The molecule has 1 aliphatic carbocycles. The lowest BCUT2D eigenvalue weighted by molar-refractivity contribution is -0.137. The second-order valence-electron chi connectivity index (χ2n) is 10.3. The lowest BCUT2D eigenvalue weighted by atomic mass is 9.81. The lowest BCUT2D eigenvalue weighted by Gasteiger charge is -2.25. The summed E-state index contributed by atoms with van der Waals surface area (Å²) in [5.41, 5.74) is 4.09. The average Bonchev–Trinajstić information content (AvgIpc) is 3.31. The van der Waals surface area contributed by atoms with Crippen LogP contribution < -0.4 is 16.0 Å². The highest BCUT2D eigenvalue weighted by Crippen LogP contribution is 2.38. The van der Waals surface area contributed by atoms with Crippen molar-refractivity contribution >= 4 is 23.3 Å². The zero-order valence-corrected chi connectivity index (χ0v) is 22.4. The predicted octanol–water partition coefficient (Wildman–Crippen LogP) is 7.44. The Labute approximate surface area is 222 Å². The normalized spacial score (nSPS) is 16.5. The molecule has 38 heavy (non-hydrogen) atoms. The van der Waals surface area contributed by atoms with Gasteiger partial charge in [0.1, 0.15) is 11.4 Å². The van der Waals surface area contributed by atoms with Gasteiger partial charge in [0.15, 0.2) is 5.82 Å². The SMILES string of the molecule is C1CCNCC1.Cc1cc(Nc2nc(Nc3cc(C)c(C4CCCCC4)cc3C)ncc2C(F)(F)F)n[nH]1. The van der Waals surface area contributed by atoms with Crippen LogP contribution >= 0.6 is 0 Å². The Hall–Kier alpha value is -3.14. The summed E-state index contributed by atoms with van der Waals surface area (Å²) in [5, 5.41) is 15.7. The Morgan fingerprint density at radius 3 is 2.16 bits per heavy atom. The number of hydrogen-bond donors (Lipinski definition) is 4. The molecule has 0 unspecified atom stereocenters. The largest absolute Gasteiger partial charge is 0.421 e. The molecule has 0 radical (unpaired) electrons. The molecule has 1 aromatic carbocycles. The molecule has 3 aromatic rings. The van der Waals surface area contributed by atoms with Gasteiger partial charge in [-0.1, -0.05) is 31.7 Å². The van der Waals surface area contributed by atoms with Crippen molar-refractivity contribution in [2.45, 2.75) is 84.2 Å². The summed E-state index contributed by atoms with van der Waals surface area (Å²) in [5.74, 6) is 0.559. The van der Waals surface area contributed by atoms with E-state index in [4.69, 9.17) is 0 Å². The van der Waals surface area contributed by atoms with Crippen LogP contribution in [0.3, 0.4) is 0 Å². The Morgan fingerprint density at radius 2 is 1.58 bits per heavy atom. The molecule has 1 saturated carbocycles. The number of hydrogen-bond acceptors (Lipinski definition) is 6. The molecule has 3 heterocycles. The number of halogens is 3. The number of aromatic nitrogens is 4. The zero-order valence-electron chi connectivity index (χ0n) is 22.4. The molecule has 0 bridgehead atoms. The molecule has 1 saturated heterocycles. The van der Waals surface area contributed by atoms with Crippen molar-refractivity contribution in [1.29, 1.82) is 0 Å². The van der Waals surface area contributed by atoms with Crippen LogP contribution in [-0.4, -0.2) is 33.3 Å². The number of benzene rings is 1. The fourth-order valence-electron chi connectivity index (χ4n) is 5.10. The molecule has 206 valence electrons. The van der Waals surface area contributed by atoms with Crippen molar-refractivity contribution < 1.29 is 13.2 Å². The van der Waals surface area contributed by atoms with E-state index in [0.717, 1.165) is 23.1 Å². The van der Waals surface area contributed by atoms with Crippen molar-refractivity contribution in [2.24, 2.45) is 0 Å². The van der Waals surface area contributed by atoms with E-state index in [-0.39, 0.29) is 17.6 Å². The zero-order chi connectivity index (χ0) is 27.1. The quantitative estimate of drug-likeness (QED) is 0.275. The Bertz CT molecular complexity index is 1180. The van der Waals surface area contributed by atoms with Crippen LogP contribution in [0.25, 0.3) is 0 Å². The van der Waals surface area contributed by atoms with Gasteiger partial charge in [-0.15, -0.1) is 0 Å². The first-order valence-corrected chi connectivity index (χ1v) is 13.5. The Kier molecular flexibility index (Phi) is 9.25. The van der Waals surface area contributed by atoms with Crippen LogP contribution in [0.1, 0.15) is 85.2 Å².